The molecular formula is C15H22FNO. The van der Waals surface area contributed by atoms with Crippen LogP contribution in [0.2, 0.25) is 0 Å². The predicted octanol–water partition coefficient (Wildman–Crippen LogP) is 3.74. The van der Waals surface area contributed by atoms with E-state index < -0.39 is 0 Å². The number of nitrogens with one attached hydrogen (secondary N) is 1. The van der Waals surface area contributed by atoms with Gasteiger partial charge in [-0.25, -0.2) is 4.39 Å². The normalized spacial score (nSPS) is 21.8. The molecule has 2 nitrogen and oxygen atoms in total. The van der Waals surface area contributed by atoms with Crippen LogP contribution < -0.4 is 10.1 Å². The lowest BCUT2D eigenvalue weighted by molar-refractivity contribution is 0.173. The van der Waals surface area contributed by atoms with Gasteiger partial charge in [0.05, 0.1) is 6.04 Å². The zero-order chi connectivity index (χ0) is 13.1. The molecule has 0 aromatic heterocycles. The molecule has 1 heterocycles. The number of hydrogen-bond acceptors (Lipinski definition) is 2. The molecule has 2 unspecified atom stereocenters. The van der Waals surface area contributed by atoms with Crippen molar-refractivity contribution in [2.75, 3.05) is 6.54 Å². The molecule has 1 aromatic carbocycles. The first-order chi connectivity index (χ1) is 8.69. The number of ether oxygens (including phenoxy) is 1. The lowest BCUT2D eigenvalue weighted by Crippen LogP contribution is -2.31. The quantitative estimate of drug-likeness (QED) is 0.860. The number of halogens is 1. The summed E-state index contributed by atoms with van der Waals surface area (Å²) in [6.45, 7) is 6.98. The molecule has 0 fully saturated rings. The van der Waals surface area contributed by atoms with E-state index in [0.717, 1.165) is 31.4 Å². The number of aryl methyl sites for hydroxylation is 1. The fourth-order valence-corrected chi connectivity index (χ4v) is 2.51. The van der Waals surface area contributed by atoms with Gasteiger partial charge in [0, 0.05) is 5.56 Å². The molecule has 2 atom stereocenters. The summed E-state index contributed by atoms with van der Waals surface area (Å²) < 4.78 is 19.9. The van der Waals surface area contributed by atoms with Crippen molar-refractivity contribution in [3.63, 3.8) is 0 Å². The van der Waals surface area contributed by atoms with Gasteiger partial charge in [0.15, 0.2) is 11.6 Å². The molecule has 0 saturated carbocycles. The number of benzene rings is 1. The van der Waals surface area contributed by atoms with Gasteiger partial charge in [-0.1, -0.05) is 32.4 Å². The number of rotatable bonds is 5. The molecule has 0 aliphatic carbocycles. The lowest BCUT2D eigenvalue weighted by atomic mass is 9.99. The third kappa shape index (κ3) is 2.37. The van der Waals surface area contributed by atoms with Crippen molar-refractivity contribution < 1.29 is 9.13 Å². The Morgan fingerprint density at radius 1 is 1.28 bits per heavy atom. The lowest BCUT2D eigenvalue weighted by Gasteiger charge is -2.19. The molecule has 1 aromatic rings. The van der Waals surface area contributed by atoms with Crippen molar-refractivity contribution in [1.29, 1.82) is 0 Å². The van der Waals surface area contributed by atoms with Gasteiger partial charge in [0.2, 0.25) is 0 Å². The molecule has 0 saturated heterocycles. The Bertz CT molecular complexity index is 419. The number of fused-ring (bicyclic) bond motifs is 1. The van der Waals surface area contributed by atoms with E-state index in [1.807, 2.05) is 12.1 Å². The minimum Gasteiger partial charge on any atom is -0.485 e. The second kappa shape index (κ2) is 5.70. The highest BCUT2D eigenvalue weighted by Crippen LogP contribution is 2.41. The standard InChI is InChI=1S/C15H22FNO/c1-4-6-12-14(17-9-5-2)11-8-7-10(3)13(16)15(11)18-12/h7-8,12,14,17H,4-6,9H2,1-3H3. The van der Waals surface area contributed by atoms with E-state index in [1.54, 1.807) is 6.92 Å². The topological polar surface area (TPSA) is 21.3 Å². The van der Waals surface area contributed by atoms with E-state index in [1.165, 1.54) is 0 Å². The van der Waals surface area contributed by atoms with Gasteiger partial charge in [-0.3, -0.25) is 0 Å². The maximum Gasteiger partial charge on any atom is 0.168 e. The fourth-order valence-electron chi connectivity index (χ4n) is 2.51. The first-order valence-corrected chi connectivity index (χ1v) is 6.88. The Labute approximate surface area is 109 Å². The molecule has 3 heteroatoms. The average Bonchev–Trinajstić information content (AvgIpc) is 2.71. The van der Waals surface area contributed by atoms with Crippen LogP contribution in [0.3, 0.4) is 0 Å². The van der Waals surface area contributed by atoms with Crippen LogP contribution in [-0.2, 0) is 0 Å². The SMILES string of the molecule is CCCNC1c2ccc(C)c(F)c2OC1CCC. The zero-order valence-corrected chi connectivity index (χ0v) is 11.4. The smallest absolute Gasteiger partial charge is 0.168 e. The second-order valence-corrected chi connectivity index (χ2v) is 4.99. The van der Waals surface area contributed by atoms with Crippen molar-refractivity contribution in [3.05, 3.63) is 29.1 Å². The molecule has 0 radical (unpaired) electrons. The van der Waals surface area contributed by atoms with E-state index in [-0.39, 0.29) is 18.0 Å². The van der Waals surface area contributed by atoms with Crippen LogP contribution in [0.4, 0.5) is 4.39 Å². The van der Waals surface area contributed by atoms with E-state index in [2.05, 4.69) is 19.2 Å². The average molecular weight is 251 g/mol. The Hall–Kier alpha value is -1.09. The predicted molar refractivity (Wildman–Crippen MR) is 71.5 cm³/mol. The van der Waals surface area contributed by atoms with Crippen LogP contribution in [0.25, 0.3) is 0 Å². The summed E-state index contributed by atoms with van der Waals surface area (Å²) in [5.41, 5.74) is 1.63. The maximum atomic E-state index is 14.1. The molecule has 0 bridgehead atoms. The van der Waals surface area contributed by atoms with Crippen molar-refractivity contribution in [3.8, 4) is 5.75 Å². The van der Waals surface area contributed by atoms with Crippen molar-refractivity contribution in [2.24, 2.45) is 0 Å². The fraction of sp³-hybridized carbons (Fsp3) is 0.600. The van der Waals surface area contributed by atoms with E-state index in [0.29, 0.717) is 11.3 Å². The summed E-state index contributed by atoms with van der Waals surface area (Å²) in [6.07, 6.45) is 3.13. The van der Waals surface area contributed by atoms with Crippen molar-refractivity contribution >= 4 is 0 Å². The van der Waals surface area contributed by atoms with Crippen LogP contribution in [0.1, 0.15) is 50.3 Å². The summed E-state index contributed by atoms with van der Waals surface area (Å²) in [6, 6.07) is 3.97. The van der Waals surface area contributed by atoms with Gasteiger partial charge >= 0.3 is 0 Å². The summed E-state index contributed by atoms with van der Waals surface area (Å²) >= 11 is 0. The third-order valence-corrected chi connectivity index (χ3v) is 3.48. The van der Waals surface area contributed by atoms with Crippen LogP contribution >= 0.6 is 0 Å². The molecule has 0 amide bonds. The van der Waals surface area contributed by atoms with Crippen LogP contribution in [0, 0.1) is 12.7 Å². The van der Waals surface area contributed by atoms with Gasteiger partial charge in [-0.05, 0) is 31.9 Å². The largest absolute Gasteiger partial charge is 0.485 e. The monoisotopic (exact) mass is 251 g/mol. The summed E-state index contributed by atoms with van der Waals surface area (Å²) in [7, 11) is 0. The highest BCUT2D eigenvalue weighted by molar-refractivity contribution is 5.44. The van der Waals surface area contributed by atoms with Crippen LogP contribution in [0.5, 0.6) is 5.75 Å². The Morgan fingerprint density at radius 3 is 2.72 bits per heavy atom. The van der Waals surface area contributed by atoms with Gasteiger partial charge < -0.3 is 10.1 Å². The van der Waals surface area contributed by atoms with Gasteiger partial charge in [-0.15, -0.1) is 0 Å². The molecule has 0 spiro atoms. The molecular weight excluding hydrogens is 229 g/mol. The van der Waals surface area contributed by atoms with E-state index >= 15 is 0 Å². The Kier molecular flexibility index (Phi) is 4.23. The maximum absolute atomic E-state index is 14.1. The minimum absolute atomic E-state index is 0.0628. The van der Waals surface area contributed by atoms with Crippen LogP contribution in [-0.4, -0.2) is 12.6 Å². The molecule has 18 heavy (non-hydrogen) atoms. The third-order valence-electron chi connectivity index (χ3n) is 3.48. The molecule has 1 aliphatic heterocycles. The Morgan fingerprint density at radius 2 is 2.06 bits per heavy atom. The second-order valence-electron chi connectivity index (χ2n) is 4.99. The van der Waals surface area contributed by atoms with E-state index in [9.17, 15) is 4.39 Å². The first kappa shape index (κ1) is 13.3. The highest BCUT2D eigenvalue weighted by Gasteiger charge is 2.35. The summed E-state index contributed by atoms with van der Waals surface area (Å²) in [5.74, 6) is 0.261. The Balaban J connectivity index is 2.29. The minimum atomic E-state index is -0.200. The zero-order valence-electron chi connectivity index (χ0n) is 11.4. The van der Waals surface area contributed by atoms with E-state index in [4.69, 9.17) is 4.74 Å². The summed E-state index contributed by atoms with van der Waals surface area (Å²) in [5, 5.41) is 3.48. The van der Waals surface area contributed by atoms with Crippen LogP contribution in [0.15, 0.2) is 12.1 Å². The van der Waals surface area contributed by atoms with Gasteiger partial charge in [0.1, 0.15) is 6.10 Å². The highest BCUT2D eigenvalue weighted by atomic mass is 19.1. The van der Waals surface area contributed by atoms with Crippen molar-refractivity contribution in [2.45, 2.75) is 52.2 Å². The van der Waals surface area contributed by atoms with Crippen molar-refractivity contribution in [1.82, 2.24) is 5.32 Å². The molecule has 2 rings (SSSR count). The van der Waals surface area contributed by atoms with Gasteiger partial charge in [-0.2, -0.15) is 0 Å². The van der Waals surface area contributed by atoms with Gasteiger partial charge in [0.25, 0.3) is 0 Å². The number of hydrogen-bond donors (Lipinski definition) is 1. The summed E-state index contributed by atoms with van der Waals surface area (Å²) in [4.78, 5) is 0. The first-order valence-electron chi connectivity index (χ1n) is 6.88. The molecule has 1 N–H and O–H groups in total. The molecule has 1 aliphatic rings. The molecule has 100 valence electrons.